The van der Waals surface area contributed by atoms with Crippen LogP contribution in [0.15, 0.2) is 48.8 Å². The molecular weight excluding hydrogens is 256 g/mol. The number of nitrogens with zero attached hydrogens (tertiary/aromatic N) is 1. The molecule has 100 valence electrons. The van der Waals surface area contributed by atoms with Crippen molar-refractivity contribution in [1.29, 1.82) is 0 Å². The van der Waals surface area contributed by atoms with Crippen LogP contribution in [0.1, 0.15) is 16.7 Å². The molecular formula is C16H19ClN2. The first-order valence-electron chi connectivity index (χ1n) is 6.51. The van der Waals surface area contributed by atoms with Crippen molar-refractivity contribution in [3.8, 4) is 0 Å². The van der Waals surface area contributed by atoms with E-state index >= 15 is 0 Å². The Morgan fingerprint density at radius 2 is 1.95 bits per heavy atom. The first-order chi connectivity index (χ1) is 9.28. The van der Waals surface area contributed by atoms with E-state index in [9.17, 15) is 0 Å². The lowest BCUT2D eigenvalue weighted by Crippen LogP contribution is -2.32. The van der Waals surface area contributed by atoms with Crippen LogP contribution in [-0.4, -0.2) is 16.9 Å². The number of hydrogen-bond acceptors (Lipinski definition) is 2. The summed E-state index contributed by atoms with van der Waals surface area (Å²) in [5.41, 5.74) is 3.69. The lowest BCUT2D eigenvalue weighted by Gasteiger charge is -2.16. The molecule has 0 amide bonds. The molecule has 2 nitrogen and oxygen atoms in total. The van der Waals surface area contributed by atoms with Crippen molar-refractivity contribution >= 4 is 11.6 Å². The molecule has 1 aromatic carbocycles. The summed E-state index contributed by atoms with van der Waals surface area (Å²) in [6, 6.07) is 12.9. The Morgan fingerprint density at radius 3 is 2.63 bits per heavy atom. The van der Waals surface area contributed by atoms with Crippen molar-refractivity contribution in [3.05, 3.63) is 65.5 Å². The highest BCUT2D eigenvalue weighted by molar-refractivity contribution is 6.18. The SMILES string of the molecule is Cc1cncc(CNC(CCl)Cc2ccccc2)c1. The van der Waals surface area contributed by atoms with Gasteiger partial charge < -0.3 is 5.32 Å². The van der Waals surface area contributed by atoms with E-state index in [2.05, 4.69) is 47.6 Å². The molecule has 3 heteroatoms. The molecule has 1 atom stereocenters. The van der Waals surface area contributed by atoms with Crippen molar-refractivity contribution in [2.24, 2.45) is 0 Å². The standard InChI is InChI=1S/C16H19ClN2/c1-13-7-15(11-18-10-13)12-19-16(9-17)8-14-5-3-2-4-6-14/h2-7,10-11,16,19H,8-9,12H2,1H3. The van der Waals surface area contributed by atoms with Crippen molar-refractivity contribution < 1.29 is 0 Å². The zero-order chi connectivity index (χ0) is 13.5. The van der Waals surface area contributed by atoms with Gasteiger partial charge in [0.2, 0.25) is 0 Å². The fraction of sp³-hybridized carbons (Fsp3) is 0.312. The molecule has 0 radical (unpaired) electrons. The van der Waals surface area contributed by atoms with Crippen LogP contribution in [0, 0.1) is 6.92 Å². The second-order valence-electron chi connectivity index (χ2n) is 4.79. The maximum Gasteiger partial charge on any atom is 0.0380 e. The summed E-state index contributed by atoms with van der Waals surface area (Å²) in [4.78, 5) is 4.20. The van der Waals surface area contributed by atoms with Gasteiger partial charge >= 0.3 is 0 Å². The van der Waals surface area contributed by atoms with Crippen LogP contribution in [0.25, 0.3) is 0 Å². The van der Waals surface area contributed by atoms with Gasteiger partial charge in [-0.15, -0.1) is 11.6 Å². The Morgan fingerprint density at radius 1 is 1.16 bits per heavy atom. The Bertz CT molecular complexity index is 499. The monoisotopic (exact) mass is 274 g/mol. The van der Waals surface area contributed by atoms with E-state index in [0.717, 1.165) is 13.0 Å². The highest BCUT2D eigenvalue weighted by atomic mass is 35.5. The van der Waals surface area contributed by atoms with Crippen LogP contribution < -0.4 is 5.32 Å². The molecule has 1 aromatic heterocycles. The zero-order valence-corrected chi connectivity index (χ0v) is 11.9. The van der Waals surface area contributed by atoms with Gasteiger partial charge in [0, 0.05) is 30.9 Å². The number of nitrogens with one attached hydrogen (secondary N) is 1. The molecule has 1 heterocycles. The van der Waals surface area contributed by atoms with Crippen LogP contribution in [0.3, 0.4) is 0 Å². The third-order valence-electron chi connectivity index (χ3n) is 3.04. The van der Waals surface area contributed by atoms with Gasteiger partial charge in [-0.1, -0.05) is 36.4 Å². The van der Waals surface area contributed by atoms with Gasteiger partial charge in [-0.2, -0.15) is 0 Å². The van der Waals surface area contributed by atoms with Gasteiger partial charge in [-0.25, -0.2) is 0 Å². The Labute approximate surface area is 119 Å². The molecule has 0 fully saturated rings. The number of benzene rings is 1. The van der Waals surface area contributed by atoms with Crippen LogP contribution >= 0.6 is 11.6 Å². The van der Waals surface area contributed by atoms with Crippen LogP contribution in [0.5, 0.6) is 0 Å². The van der Waals surface area contributed by atoms with E-state index in [1.807, 2.05) is 18.5 Å². The van der Waals surface area contributed by atoms with Crippen molar-refractivity contribution in [2.75, 3.05) is 5.88 Å². The minimum absolute atomic E-state index is 0.282. The van der Waals surface area contributed by atoms with Crippen molar-refractivity contribution in [1.82, 2.24) is 10.3 Å². The van der Waals surface area contributed by atoms with Crippen molar-refractivity contribution in [3.63, 3.8) is 0 Å². The summed E-state index contributed by atoms with van der Waals surface area (Å²) in [6.45, 7) is 2.86. The minimum atomic E-state index is 0.282. The summed E-state index contributed by atoms with van der Waals surface area (Å²) in [5, 5.41) is 3.49. The summed E-state index contributed by atoms with van der Waals surface area (Å²) in [5.74, 6) is 0.605. The fourth-order valence-electron chi connectivity index (χ4n) is 2.06. The summed E-state index contributed by atoms with van der Waals surface area (Å²) in [6.07, 6.45) is 4.71. The van der Waals surface area contributed by atoms with Gasteiger partial charge in [0.1, 0.15) is 0 Å². The van der Waals surface area contributed by atoms with E-state index in [0.29, 0.717) is 5.88 Å². The van der Waals surface area contributed by atoms with E-state index in [1.165, 1.54) is 16.7 Å². The molecule has 19 heavy (non-hydrogen) atoms. The quantitative estimate of drug-likeness (QED) is 0.818. The lowest BCUT2D eigenvalue weighted by atomic mass is 10.1. The second kappa shape index (κ2) is 7.27. The maximum absolute atomic E-state index is 6.04. The van der Waals surface area contributed by atoms with E-state index < -0.39 is 0 Å². The van der Waals surface area contributed by atoms with Gasteiger partial charge in [0.05, 0.1) is 0 Å². The van der Waals surface area contributed by atoms with E-state index in [-0.39, 0.29) is 6.04 Å². The third-order valence-corrected chi connectivity index (χ3v) is 3.41. The summed E-state index contributed by atoms with van der Waals surface area (Å²) in [7, 11) is 0. The largest absolute Gasteiger partial charge is 0.308 e. The highest BCUT2D eigenvalue weighted by Gasteiger charge is 2.07. The van der Waals surface area contributed by atoms with E-state index in [1.54, 1.807) is 0 Å². The van der Waals surface area contributed by atoms with Crippen LogP contribution in [-0.2, 0) is 13.0 Å². The third kappa shape index (κ3) is 4.66. The van der Waals surface area contributed by atoms with Gasteiger partial charge in [-0.3, -0.25) is 4.98 Å². The van der Waals surface area contributed by atoms with E-state index in [4.69, 9.17) is 11.6 Å². The molecule has 1 N–H and O–H groups in total. The molecule has 0 bridgehead atoms. The average Bonchev–Trinajstić information content (AvgIpc) is 2.44. The molecule has 2 rings (SSSR count). The number of alkyl halides is 1. The minimum Gasteiger partial charge on any atom is -0.308 e. The first kappa shape index (κ1) is 14.0. The lowest BCUT2D eigenvalue weighted by molar-refractivity contribution is 0.549. The maximum atomic E-state index is 6.04. The second-order valence-corrected chi connectivity index (χ2v) is 5.10. The molecule has 0 aliphatic heterocycles. The van der Waals surface area contributed by atoms with Crippen LogP contribution in [0.2, 0.25) is 0 Å². The number of rotatable bonds is 6. The highest BCUT2D eigenvalue weighted by Crippen LogP contribution is 2.06. The van der Waals surface area contributed by atoms with Gasteiger partial charge in [0.25, 0.3) is 0 Å². The number of hydrogen-bond donors (Lipinski definition) is 1. The van der Waals surface area contributed by atoms with Gasteiger partial charge in [-0.05, 0) is 30.0 Å². The Kier molecular flexibility index (Phi) is 5.37. The predicted molar refractivity (Wildman–Crippen MR) is 80.5 cm³/mol. The number of aryl methyl sites for hydroxylation is 1. The van der Waals surface area contributed by atoms with Crippen molar-refractivity contribution in [2.45, 2.75) is 25.9 Å². The average molecular weight is 275 g/mol. The Balaban J connectivity index is 1.89. The van der Waals surface area contributed by atoms with Crippen LogP contribution in [0.4, 0.5) is 0 Å². The molecule has 0 aliphatic carbocycles. The molecule has 0 saturated carbocycles. The normalized spacial score (nSPS) is 12.3. The fourth-order valence-corrected chi connectivity index (χ4v) is 2.27. The number of pyridine rings is 1. The summed E-state index contributed by atoms with van der Waals surface area (Å²) < 4.78 is 0. The predicted octanol–water partition coefficient (Wildman–Crippen LogP) is 3.33. The number of halogens is 1. The molecule has 2 aromatic rings. The topological polar surface area (TPSA) is 24.9 Å². The smallest absolute Gasteiger partial charge is 0.0380 e. The zero-order valence-electron chi connectivity index (χ0n) is 11.1. The number of aromatic nitrogens is 1. The molecule has 0 saturated heterocycles. The molecule has 0 aliphatic rings. The molecule has 0 spiro atoms. The van der Waals surface area contributed by atoms with Gasteiger partial charge in [0.15, 0.2) is 0 Å². The first-order valence-corrected chi connectivity index (χ1v) is 7.05. The Hall–Kier alpha value is -1.38. The molecule has 1 unspecified atom stereocenters. The summed E-state index contributed by atoms with van der Waals surface area (Å²) >= 11 is 6.04.